The lowest BCUT2D eigenvalue weighted by atomic mass is 10.0. The van der Waals surface area contributed by atoms with Gasteiger partial charge in [0.1, 0.15) is 6.04 Å². The average molecular weight is 413 g/mol. The number of carbonyl (C=O) groups excluding carboxylic acids is 2. The largest absolute Gasteiger partial charge is 0.340 e. The van der Waals surface area contributed by atoms with E-state index in [0.29, 0.717) is 22.1 Å². The van der Waals surface area contributed by atoms with Crippen LogP contribution in [-0.4, -0.2) is 38.1 Å². The minimum atomic E-state index is -0.711. The second kappa shape index (κ2) is 8.83. The van der Waals surface area contributed by atoms with E-state index in [0.717, 1.165) is 5.69 Å². The molecule has 8 nitrogen and oxygen atoms in total. The van der Waals surface area contributed by atoms with Crippen LogP contribution < -0.4 is 10.6 Å². The number of hydrogen-bond donors (Lipinski definition) is 2. The van der Waals surface area contributed by atoms with Gasteiger partial charge in [0.25, 0.3) is 5.91 Å². The number of rotatable bonds is 6. The minimum Gasteiger partial charge on any atom is -0.340 e. The third kappa shape index (κ3) is 4.97. The Kier molecular flexibility index (Phi) is 6.23. The fraction of sp³-hybridized carbons (Fsp3) is 0.250. The Morgan fingerprint density at radius 1 is 1.10 bits per heavy atom. The fourth-order valence-corrected chi connectivity index (χ4v) is 2.89. The van der Waals surface area contributed by atoms with Crippen LogP contribution >= 0.6 is 11.6 Å². The first-order valence-electron chi connectivity index (χ1n) is 9.08. The van der Waals surface area contributed by atoms with E-state index in [-0.39, 0.29) is 17.7 Å². The average Bonchev–Trinajstić information content (AvgIpc) is 3.12. The monoisotopic (exact) mass is 412 g/mol. The summed E-state index contributed by atoms with van der Waals surface area (Å²) >= 11 is 5.86. The number of aromatic nitrogens is 4. The summed E-state index contributed by atoms with van der Waals surface area (Å²) in [5.74, 6) is -0.138. The highest BCUT2D eigenvalue weighted by Gasteiger charge is 2.25. The van der Waals surface area contributed by atoms with Gasteiger partial charge >= 0.3 is 0 Å². The van der Waals surface area contributed by atoms with E-state index in [4.69, 9.17) is 11.6 Å². The SMILES string of the molecule is Cc1nnnn1-c1cccc(NC(=O)C(NC(=O)c2ccc(Cl)cc2)C(C)C)c1. The van der Waals surface area contributed by atoms with Gasteiger partial charge in [-0.25, -0.2) is 0 Å². The van der Waals surface area contributed by atoms with Crippen LogP contribution in [0.4, 0.5) is 5.69 Å². The molecule has 0 aliphatic rings. The van der Waals surface area contributed by atoms with Crippen molar-refractivity contribution >= 4 is 29.1 Å². The Labute approximate surface area is 173 Å². The zero-order valence-corrected chi connectivity index (χ0v) is 17.0. The zero-order valence-electron chi connectivity index (χ0n) is 16.3. The van der Waals surface area contributed by atoms with Gasteiger partial charge in [0.15, 0.2) is 5.82 Å². The van der Waals surface area contributed by atoms with E-state index in [1.165, 1.54) is 0 Å². The number of hydrogen-bond acceptors (Lipinski definition) is 5. The molecule has 1 aromatic heterocycles. The van der Waals surface area contributed by atoms with Crippen molar-refractivity contribution in [3.05, 3.63) is 64.9 Å². The van der Waals surface area contributed by atoms with E-state index in [1.54, 1.807) is 54.1 Å². The summed E-state index contributed by atoms with van der Waals surface area (Å²) in [6, 6.07) is 12.9. The number of carbonyl (C=O) groups is 2. The van der Waals surface area contributed by atoms with Gasteiger partial charge in [-0.05, 0) is 65.7 Å². The normalized spacial score (nSPS) is 11.9. The molecule has 29 heavy (non-hydrogen) atoms. The molecular formula is C20H21ClN6O2. The van der Waals surface area contributed by atoms with E-state index in [9.17, 15) is 9.59 Å². The lowest BCUT2D eigenvalue weighted by Gasteiger charge is -2.22. The summed E-state index contributed by atoms with van der Waals surface area (Å²) < 4.78 is 1.57. The highest BCUT2D eigenvalue weighted by atomic mass is 35.5. The molecule has 9 heteroatoms. The Balaban J connectivity index is 1.74. The van der Waals surface area contributed by atoms with Crippen LogP contribution in [0.15, 0.2) is 48.5 Å². The lowest BCUT2D eigenvalue weighted by Crippen LogP contribution is -2.47. The predicted octanol–water partition coefficient (Wildman–Crippen LogP) is 3.02. The van der Waals surface area contributed by atoms with Crippen LogP contribution in [-0.2, 0) is 4.79 Å². The first-order chi connectivity index (χ1) is 13.8. The van der Waals surface area contributed by atoms with Gasteiger partial charge in [-0.2, -0.15) is 4.68 Å². The molecule has 0 spiro atoms. The maximum Gasteiger partial charge on any atom is 0.251 e. The Morgan fingerprint density at radius 3 is 2.45 bits per heavy atom. The summed E-state index contributed by atoms with van der Waals surface area (Å²) in [5, 5.41) is 17.6. The van der Waals surface area contributed by atoms with Crippen LogP contribution in [0.5, 0.6) is 0 Å². The number of halogens is 1. The second-order valence-corrected chi connectivity index (χ2v) is 7.32. The number of anilines is 1. The van der Waals surface area contributed by atoms with Crippen molar-refractivity contribution in [2.45, 2.75) is 26.8 Å². The molecule has 2 amide bonds. The van der Waals surface area contributed by atoms with E-state index >= 15 is 0 Å². The molecule has 0 fully saturated rings. The van der Waals surface area contributed by atoms with E-state index in [1.807, 2.05) is 19.9 Å². The Bertz CT molecular complexity index is 1020. The maximum absolute atomic E-state index is 12.8. The molecule has 0 bridgehead atoms. The van der Waals surface area contributed by atoms with Crippen molar-refractivity contribution in [1.82, 2.24) is 25.5 Å². The molecule has 2 aromatic carbocycles. The number of aryl methyl sites for hydroxylation is 1. The van der Waals surface area contributed by atoms with Gasteiger partial charge in [-0.1, -0.05) is 31.5 Å². The molecule has 2 N–H and O–H groups in total. The van der Waals surface area contributed by atoms with Gasteiger partial charge in [0, 0.05) is 16.3 Å². The molecular weight excluding hydrogens is 392 g/mol. The molecule has 0 radical (unpaired) electrons. The van der Waals surface area contributed by atoms with Gasteiger partial charge in [0.05, 0.1) is 5.69 Å². The summed E-state index contributed by atoms with van der Waals surface area (Å²) in [6.45, 7) is 5.52. The maximum atomic E-state index is 12.8. The summed E-state index contributed by atoms with van der Waals surface area (Å²) in [7, 11) is 0. The van der Waals surface area contributed by atoms with Crippen LogP contribution in [0.25, 0.3) is 5.69 Å². The number of nitrogens with zero attached hydrogens (tertiary/aromatic N) is 4. The van der Waals surface area contributed by atoms with Gasteiger partial charge in [-0.3, -0.25) is 9.59 Å². The number of benzene rings is 2. The quantitative estimate of drug-likeness (QED) is 0.648. The van der Waals surface area contributed by atoms with Crippen molar-refractivity contribution in [2.24, 2.45) is 5.92 Å². The first kappa shape index (κ1) is 20.5. The standard InChI is InChI=1S/C20H21ClN6O2/c1-12(2)18(23-19(28)14-7-9-15(21)10-8-14)20(29)22-16-5-4-6-17(11-16)27-13(3)24-25-26-27/h4-12,18H,1-3H3,(H,22,29)(H,23,28). The second-order valence-electron chi connectivity index (χ2n) is 6.88. The predicted molar refractivity (Wildman–Crippen MR) is 110 cm³/mol. The molecule has 0 saturated carbocycles. The minimum absolute atomic E-state index is 0.115. The lowest BCUT2D eigenvalue weighted by molar-refractivity contribution is -0.118. The number of tetrazole rings is 1. The molecule has 0 aliphatic carbocycles. The highest BCUT2D eigenvalue weighted by Crippen LogP contribution is 2.16. The van der Waals surface area contributed by atoms with Crippen LogP contribution in [0, 0.1) is 12.8 Å². The molecule has 0 saturated heterocycles. The van der Waals surface area contributed by atoms with Crippen molar-refractivity contribution in [2.75, 3.05) is 5.32 Å². The molecule has 1 heterocycles. The van der Waals surface area contributed by atoms with Crippen LogP contribution in [0.2, 0.25) is 5.02 Å². The van der Waals surface area contributed by atoms with E-state index in [2.05, 4.69) is 26.2 Å². The Morgan fingerprint density at radius 2 is 1.83 bits per heavy atom. The number of amides is 2. The van der Waals surface area contributed by atoms with Crippen molar-refractivity contribution in [3.63, 3.8) is 0 Å². The summed E-state index contributed by atoms with van der Waals surface area (Å²) in [6.07, 6.45) is 0. The van der Waals surface area contributed by atoms with Gasteiger partial charge < -0.3 is 10.6 Å². The summed E-state index contributed by atoms with van der Waals surface area (Å²) in [5.41, 5.74) is 1.73. The topological polar surface area (TPSA) is 102 Å². The van der Waals surface area contributed by atoms with E-state index < -0.39 is 6.04 Å². The van der Waals surface area contributed by atoms with Gasteiger partial charge in [-0.15, -0.1) is 5.10 Å². The third-order valence-corrected chi connectivity index (χ3v) is 4.58. The fourth-order valence-electron chi connectivity index (χ4n) is 2.77. The van der Waals surface area contributed by atoms with Crippen molar-refractivity contribution in [1.29, 1.82) is 0 Å². The highest BCUT2D eigenvalue weighted by molar-refractivity contribution is 6.30. The van der Waals surface area contributed by atoms with Gasteiger partial charge in [0.2, 0.25) is 5.91 Å². The first-order valence-corrected chi connectivity index (χ1v) is 9.45. The van der Waals surface area contributed by atoms with Crippen molar-refractivity contribution in [3.8, 4) is 5.69 Å². The zero-order chi connectivity index (χ0) is 21.0. The molecule has 1 atom stereocenters. The third-order valence-electron chi connectivity index (χ3n) is 4.33. The molecule has 3 aromatic rings. The van der Waals surface area contributed by atoms with Crippen LogP contribution in [0.3, 0.4) is 0 Å². The van der Waals surface area contributed by atoms with Crippen molar-refractivity contribution < 1.29 is 9.59 Å². The molecule has 1 unspecified atom stereocenters. The number of nitrogens with one attached hydrogen (secondary N) is 2. The molecule has 0 aliphatic heterocycles. The smallest absolute Gasteiger partial charge is 0.251 e. The van der Waals surface area contributed by atoms with Crippen LogP contribution in [0.1, 0.15) is 30.0 Å². The Hall–Kier alpha value is -3.26. The molecule has 3 rings (SSSR count). The molecule has 150 valence electrons. The summed E-state index contributed by atoms with van der Waals surface area (Å²) in [4.78, 5) is 25.4.